The largest absolute Gasteiger partial charge is 0.366 e. The molecule has 5 nitrogen and oxygen atoms in total. The zero-order chi connectivity index (χ0) is 13.0. The number of nitrogen functional groups attached to an aromatic ring is 1. The van der Waals surface area contributed by atoms with Gasteiger partial charge in [0.15, 0.2) is 5.82 Å². The van der Waals surface area contributed by atoms with E-state index in [4.69, 9.17) is 17.4 Å². The molecule has 0 saturated heterocycles. The minimum absolute atomic E-state index is 0.374. The Balaban J connectivity index is 1.97. The second-order valence-electron chi connectivity index (χ2n) is 4.27. The van der Waals surface area contributed by atoms with E-state index in [0.29, 0.717) is 22.8 Å². The van der Waals surface area contributed by atoms with Crippen molar-refractivity contribution in [2.75, 3.05) is 16.5 Å². The molecule has 7 heteroatoms. The van der Waals surface area contributed by atoms with Crippen molar-refractivity contribution >= 4 is 35.1 Å². The molecule has 0 amide bonds. The molecule has 1 fully saturated rings. The summed E-state index contributed by atoms with van der Waals surface area (Å²) in [5, 5.41) is 4.66. The molecule has 0 bridgehead atoms. The van der Waals surface area contributed by atoms with Gasteiger partial charge in [0.05, 0.1) is 6.20 Å². The molecule has 1 heterocycles. The summed E-state index contributed by atoms with van der Waals surface area (Å²) in [7, 11) is 0. The molecule has 4 N–H and O–H groups in total. The fourth-order valence-electron chi connectivity index (χ4n) is 2.19. The average molecular weight is 288 g/mol. The van der Waals surface area contributed by atoms with Crippen LogP contribution in [-0.2, 0) is 0 Å². The highest BCUT2D eigenvalue weighted by Gasteiger charge is 2.25. The first-order valence-corrected chi connectivity index (χ1v) is 7.53. The molecule has 0 radical (unpaired) electrons. The number of nitrogens with one attached hydrogen (secondary N) is 2. The van der Waals surface area contributed by atoms with E-state index in [1.54, 1.807) is 6.20 Å². The predicted octanol–water partition coefficient (Wildman–Crippen LogP) is 2.50. The minimum Gasteiger partial charge on any atom is -0.366 e. The number of anilines is 2. The first-order chi connectivity index (χ1) is 8.72. The van der Waals surface area contributed by atoms with E-state index >= 15 is 0 Å². The quantitative estimate of drug-likeness (QED) is 0.571. The molecule has 2 atom stereocenters. The smallest absolute Gasteiger partial charge is 0.239 e. The molecule has 1 aromatic rings. The highest BCUT2D eigenvalue weighted by molar-refractivity contribution is 7.99. The molecule has 0 spiro atoms. The molecule has 0 aliphatic heterocycles. The summed E-state index contributed by atoms with van der Waals surface area (Å²) in [5.41, 5.74) is 2.42. The molecule has 0 aromatic carbocycles. The summed E-state index contributed by atoms with van der Waals surface area (Å²) in [6, 6.07) is 0.437. The third-order valence-corrected chi connectivity index (χ3v) is 4.51. The van der Waals surface area contributed by atoms with Crippen LogP contribution in [0, 0.1) is 0 Å². The van der Waals surface area contributed by atoms with Gasteiger partial charge in [0.2, 0.25) is 5.95 Å². The lowest BCUT2D eigenvalue weighted by Gasteiger charge is -2.15. The molecule has 2 rings (SSSR count). The van der Waals surface area contributed by atoms with Crippen LogP contribution < -0.4 is 16.6 Å². The third kappa shape index (κ3) is 3.40. The number of aromatic nitrogens is 2. The number of hydrogen-bond acceptors (Lipinski definition) is 6. The van der Waals surface area contributed by atoms with Crippen LogP contribution in [0.2, 0.25) is 5.02 Å². The van der Waals surface area contributed by atoms with Crippen LogP contribution in [0.5, 0.6) is 0 Å². The highest BCUT2D eigenvalue weighted by Crippen LogP contribution is 2.32. The molecule has 18 heavy (non-hydrogen) atoms. The zero-order valence-electron chi connectivity index (χ0n) is 10.3. The van der Waals surface area contributed by atoms with E-state index in [1.165, 1.54) is 12.2 Å². The summed E-state index contributed by atoms with van der Waals surface area (Å²) >= 11 is 8.09. The van der Waals surface area contributed by atoms with Gasteiger partial charge in [0.1, 0.15) is 5.02 Å². The topological polar surface area (TPSA) is 75.9 Å². The normalized spacial score (nSPS) is 23.1. The van der Waals surface area contributed by atoms with Gasteiger partial charge in [-0.05, 0) is 25.0 Å². The van der Waals surface area contributed by atoms with Crippen LogP contribution in [-0.4, -0.2) is 27.0 Å². The standard InChI is InChI=1S/C11H18ClN5S/c1-2-18-8-4-3-7(5-8)15-10-9(12)6-14-11(16-10)17-13/h6-8H,2-5,13H2,1H3,(H2,14,15,16,17). The predicted molar refractivity (Wildman–Crippen MR) is 78.0 cm³/mol. The van der Waals surface area contributed by atoms with Crippen molar-refractivity contribution in [1.82, 2.24) is 9.97 Å². The first-order valence-electron chi connectivity index (χ1n) is 6.10. The molecule has 100 valence electrons. The number of hydrogen-bond donors (Lipinski definition) is 3. The van der Waals surface area contributed by atoms with Crippen molar-refractivity contribution in [3.63, 3.8) is 0 Å². The van der Waals surface area contributed by atoms with E-state index in [0.717, 1.165) is 18.1 Å². The SMILES string of the molecule is CCSC1CCC(Nc2nc(NN)ncc2Cl)C1. The first kappa shape index (κ1) is 13.7. The van der Waals surface area contributed by atoms with E-state index < -0.39 is 0 Å². The van der Waals surface area contributed by atoms with Crippen molar-refractivity contribution in [2.24, 2.45) is 5.84 Å². The number of nitrogens with zero attached hydrogens (tertiary/aromatic N) is 2. The second kappa shape index (κ2) is 6.45. The van der Waals surface area contributed by atoms with E-state index in [2.05, 4.69) is 27.6 Å². The third-order valence-electron chi connectivity index (χ3n) is 3.00. The van der Waals surface area contributed by atoms with Gasteiger partial charge in [-0.2, -0.15) is 16.7 Å². The molecule has 1 aliphatic carbocycles. The van der Waals surface area contributed by atoms with Crippen LogP contribution >= 0.6 is 23.4 Å². The number of halogens is 1. The van der Waals surface area contributed by atoms with Gasteiger partial charge in [-0.1, -0.05) is 18.5 Å². The van der Waals surface area contributed by atoms with Crippen LogP contribution in [0.25, 0.3) is 0 Å². The van der Waals surface area contributed by atoms with Crippen molar-refractivity contribution in [3.05, 3.63) is 11.2 Å². The fourth-order valence-corrected chi connectivity index (χ4v) is 3.48. The zero-order valence-corrected chi connectivity index (χ0v) is 11.9. The maximum absolute atomic E-state index is 6.07. The summed E-state index contributed by atoms with van der Waals surface area (Å²) in [6.45, 7) is 2.20. The van der Waals surface area contributed by atoms with Gasteiger partial charge >= 0.3 is 0 Å². The van der Waals surface area contributed by atoms with Crippen molar-refractivity contribution < 1.29 is 0 Å². The van der Waals surface area contributed by atoms with E-state index in [9.17, 15) is 0 Å². The Bertz CT molecular complexity index is 403. The van der Waals surface area contributed by atoms with E-state index in [-0.39, 0.29) is 0 Å². The van der Waals surface area contributed by atoms with Gasteiger partial charge in [-0.25, -0.2) is 10.8 Å². The minimum atomic E-state index is 0.374. The molecule has 1 aliphatic rings. The lowest BCUT2D eigenvalue weighted by Crippen LogP contribution is -2.19. The summed E-state index contributed by atoms with van der Waals surface area (Å²) < 4.78 is 0. The van der Waals surface area contributed by atoms with Crippen LogP contribution in [0.15, 0.2) is 6.20 Å². The Morgan fingerprint density at radius 1 is 1.56 bits per heavy atom. The van der Waals surface area contributed by atoms with Crippen molar-refractivity contribution in [2.45, 2.75) is 37.5 Å². The number of rotatable bonds is 5. The average Bonchev–Trinajstić information content (AvgIpc) is 2.80. The van der Waals surface area contributed by atoms with Gasteiger partial charge < -0.3 is 5.32 Å². The molecule has 2 unspecified atom stereocenters. The Hall–Kier alpha value is -0.720. The number of thioether (sulfide) groups is 1. The molecule has 1 saturated carbocycles. The monoisotopic (exact) mass is 287 g/mol. The fraction of sp³-hybridized carbons (Fsp3) is 0.636. The summed E-state index contributed by atoms with van der Waals surface area (Å²) in [4.78, 5) is 8.18. The van der Waals surface area contributed by atoms with Crippen molar-refractivity contribution in [3.8, 4) is 0 Å². The maximum Gasteiger partial charge on any atom is 0.239 e. The molecular formula is C11H18ClN5S. The van der Waals surface area contributed by atoms with Gasteiger partial charge in [-0.3, -0.25) is 5.43 Å². The maximum atomic E-state index is 6.07. The number of hydrazine groups is 1. The second-order valence-corrected chi connectivity index (χ2v) is 6.25. The Labute approximate surface area is 116 Å². The van der Waals surface area contributed by atoms with Crippen LogP contribution in [0.1, 0.15) is 26.2 Å². The van der Waals surface area contributed by atoms with Gasteiger partial charge in [-0.15, -0.1) is 0 Å². The van der Waals surface area contributed by atoms with Gasteiger partial charge in [0, 0.05) is 11.3 Å². The summed E-state index contributed by atoms with van der Waals surface area (Å²) in [5.74, 6) is 7.50. The van der Waals surface area contributed by atoms with Gasteiger partial charge in [0.25, 0.3) is 0 Å². The Morgan fingerprint density at radius 3 is 3.11 bits per heavy atom. The molecule has 1 aromatic heterocycles. The highest BCUT2D eigenvalue weighted by atomic mass is 35.5. The molecular weight excluding hydrogens is 270 g/mol. The number of nitrogens with two attached hydrogens (primary N) is 1. The van der Waals surface area contributed by atoms with Crippen LogP contribution in [0.3, 0.4) is 0 Å². The van der Waals surface area contributed by atoms with Crippen molar-refractivity contribution in [1.29, 1.82) is 0 Å². The van der Waals surface area contributed by atoms with E-state index in [1.807, 2.05) is 11.8 Å². The Kier molecular flexibility index (Phi) is 4.91. The summed E-state index contributed by atoms with van der Waals surface area (Å²) in [6.07, 6.45) is 5.12. The Morgan fingerprint density at radius 2 is 2.39 bits per heavy atom. The lowest BCUT2D eigenvalue weighted by atomic mass is 10.2. The lowest BCUT2D eigenvalue weighted by molar-refractivity contribution is 0.751. The van der Waals surface area contributed by atoms with Crippen LogP contribution in [0.4, 0.5) is 11.8 Å².